The van der Waals surface area contributed by atoms with E-state index in [9.17, 15) is 9.59 Å². The van der Waals surface area contributed by atoms with Gasteiger partial charge in [-0.1, -0.05) is 57.3 Å². The van der Waals surface area contributed by atoms with Gasteiger partial charge in [0, 0.05) is 18.8 Å². The van der Waals surface area contributed by atoms with Crippen molar-refractivity contribution in [2.45, 2.75) is 91.4 Å². The van der Waals surface area contributed by atoms with Crippen molar-refractivity contribution < 1.29 is 9.59 Å². The molecule has 4 atom stereocenters. The van der Waals surface area contributed by atoms with E-state index in [4.69, 9.17) is 0 Å². The van der Waals surface area contributed by atoms with Crippen molar-refractivity contribution in [2.24, 2.45) is 23.7 Å². The molecule has 0 spiro atoms. The third-order valence-electron chi connectivity index (χ3n) is 6.62. The zero-order valence-corrected chi connectivity index (χ0v) is 17.1. The molecule has 0 N–H and O–H groups in total. The van der Waals surface area contributed by atoms with Crippen LogP contribution in [0.15, 0.2) is 23.8 Å². The van der Waals surface area contributed by atoms with Crippen LogP contribution in [0, 0.1) is 23.7 Å². The first-order valence-electron chi connectivity index (χ1n) is 10.9. The van der Waals surface area contributed by atoms with Gasteiger partial charge >= 0.3 is 0 Å². The molecule has 0 radical (unpaired) electrons. The molecule has 0 bridgehead atoms. The Labute approximate surface area is 160 Å². The molecule has 0 aromatic heterocycles. The van der Waals surface area contributed by atoms with Crippen LogP contribution in [-0.4, -0.2) is 11.6 Å². The minimum atomic E-state index is 0.235. The second-order valence-corrected chi connectivity index (χ2v) is 8.71. The van der Waals surface area contributed by atoms with Gasteiger partial charge in [-0.05, 0) is 62.9 Å². The van der Waals surface area contributed by atoms with Gasteiger partial charge in [0.2, 0.25) is 0 Å². The van der Waals surface area contributed by atoms with Crippen molar-refractivity contribution >= 4 is 11.6 Å². The van der Waals surface area contributed by atoms with E-state index in [1.54, 1.807) is 0 Å². The van der Waals surface area contributed by atoms with Crippen LogP contribution in [0.5, 0.6) is 0 Å². The van der Waals surface area contributed by atoms with E-state index in [2.05, 4.69) is 6.92 Å². The van der Waals surface area contributed by atoms with Crippen molar-refractivity contribution in [1.82, 2.24) is 0 Å². The van der Waals surface area contributed by atoms with Crippen molar-refractivity contribution in [3.8, 4) is 0 Å². The van der Waals surface area contributed by atoms with Gasteiger partial charge in [0.05, 0.1) is 0 Å². The lowest BCUT2D eigenvalue weighted by Crippen LogP contribution is -2.35. The van der Waals surface area contributed by atoms with Crippen molar-refractivity contribution in [1.29, 1.82) is 0 Å². The van der Waals surface area contributed by atoms with E-state index in [-0.39, 0.29) is 5.78 Å². The fourth-order valence-corrected chi connectivity index (χ4v) is 5.06. The number of rotatable bonds is 9. The molecule has 2 nitrogen and oxygen atoms in total. The molecule has 2 heteroatoms. The molecule has 2 rings (SSSR count). The molecule has 0 aliphatic heterocycles. The second-order valence-electron chi connectivity index (χ2n) is 8.71. The van der Waals surface area contributed by atoms with E-state index in [0.29, 0.717) is 30.0 Å². The van der Waals surface area contributed by atoms with Crippen LogP contribution in [0.3, 0.4) is 0 Å². The number of fused-ring (bicyclic) bond motifs is 1. The molecule has 0 aromatic carbocycles. The van der Waals surface area contributed by atoms with Crippen molar-refractivity contribution in [3.05, 3.63) is 23.8 Å². The van der Waals surface area contributed by atoms with E-state index in [1.165, 1.54) is 38.5 Å². The highest BCUT2D eigenvalue weighted by atomic mass is 16.1. The van der Waals surface area contributed by atoms with E-state index < -0.39 is 0 Å². The lowest BCUT2D eigenvalue weighted by molar-refractivity contribution is -0.127. The van der Waals surface area contributed by atoms with E-state index in [1.807, 2.05) is 32.1 Å². The maximum atomic E-state index is 12.8. The van der Waals surface area contributed by atoms with Gasteiger partial charge < -0.3 is 0 Å². The lowest BCUT2D eigenvalue weighted by atomic mass is 9.64. The molecule has 0 aromatic rings. The Morgan fingerprint density at radius 1 is 1.08 bits per heavy atom. The summed E-state index contributed by atoms with van der Waals surface area (Å²) in [5.41, 5.74) is 0.830. The maximum Gasteiger partial charge on any atom is 0.158 e. The van der Waals surface area contributed by atoms with Gasteiger partial charge in [0.25, 0.3) is 0 Å². The van der Waals surface area contributed by atoms with Crippen molar-refractivity contribution in [3.63, 3.8) is 0 Å². The van der Waals surface area contributed by atoms with Crippen LogP contribution in [0.25, 0.3) is 0 Å². The Kier molecular flexibility index (Phi) is 8.81. The second kappa shape index (κ2) is 10.8. The standard InChI is InChI=1S/C24H38O2/c1-4-5-11-19(3)24(26)17-18(2)10-8-16-23(25)22-15-9-13-20-12-6-7-14-21(20)22/h4-5,11,18,20-22H,6-10,12-17H2,1-3H3. The lowest BCUT2D eigenvalue weighted by Gasteiger charge is -2.40. The molecular weight excluding hydrogens is 320 g/mol. The van der Waals surface area contributed by atoms with Gasteiger partial charge in [-0.25, -0.2) is 0 Å². The number of Topliss-reactive ketones (excluding diaryl/α,β-unsaturated/α-hetero) is 2. The highest BCUT2D eigenvalue weighted by Crippen LogP contribution is 2.44. The number of ketones is 2. The fraction of sp³-hybridized carbons (Fsp3) is 0.750. The summed E-state index contributed by atoms with van der Waals surface area (Å²) >= 11 is 0. The Hall–Kier alpha value is -1.18. The molecular formula is C24H38O2. The van der Waals surface area contributed by atoms with Crippen LogP contribution in [0.4, 0.5) is 0 Å². The number of carbonyl (C=O) groups excluding carboxylic acids is 2. The number of hydrogen-bond acceptors (Lipinski definition) is 2. The zero-order valence-electron chi connectivity index (χ0n) is 17.1. The Morgan fingerprint density at radius 2 is 1.81 bits per heavy atom. The van der Waals surface area contributed by atoms with Gasteiger partial charge in [0.1, 0.15) is 5.78 Å². The molecule has 2 aliphatic carbocycles. The van der Waals surface area contributed by atoms with Crippen LogP contribution < -0.4 is 0 Å². The molecule has 2 fully saturated rings. The van der Waals surface area contributed by atoms with Gasteiger partial charge in [-0.15, -0.1) is 0 Å². The summed E-state index contributed by atoms with van der Waals surface area (Å²) in [7, 11) is 0. The maximum absolute atomic E-state index is 12.8. The Balaban J connectivity index is 1.72. The Morgan fingerprint density at radius 3 is 2.58 bits per heavy atom. The number of carbonyl (C=O) groups is 2. The zero-order chi connectivity index (χ0) is 18.9. The first kappa shape index (κ1) is 21.1. The summed E-state index contributed by atoms with van der Waals surface area (Å²) in [6.45, 7) is 5.99. The molecule has 2 aliphatic rings. The third-order valence-corrected chi connectivity index (χ3v) is 6.62. The normalized spacial score (nSPS) is 28.0. The highest BCUT2D eigenvalue weighted by Gasteiger charge is 2.37. The van der Waals surface area contributed by atoms with Crippen LogP contribution >= 0.6 is 0 Å². The highest BCUT2D eigenvalue weighted by molar-refractivity contribution is 5.95. The van der Waals surface area contributed by atoms with Gasteiger partial charge in [-0.2, -0.15) is 0 Å². The summed E-state index contributed by atoms with van der Waals surface area (Å²) in [6.07, 6.45) is 18.1. The first-order chi connectivity index (χ1) is 12.5. The topological polar surface area (TPSA) is 34.1 Å². The van der Waals surface area contributed by atoms with E-state index >= 15 is 0 Å². The number of allylic oxidation sites excluding steroid dienone is 4. The monoisotopic (exact) mass is 358 g/mol. The largest absolute Gasteiger partial charge is 0.299 e. The first-order valence-corrected chi connectivity index (χ1v) is 10.9. The summed E-state index contributed by atoms with van der Waals surface area (Å²) < 4.78 is 0. The SMILES string of the molecule is CC=CC=C(C)C(=O)CC(C)CCCC(=O)C1CCCC2CCCCC21. The molecule has 0 amide bonds. The minimum Gasteiger partial charge on any atom is -0.299 e. The quantitative estimate of drug-likeness (QED) is 0.350. The molecule has 26 heavy (non-hydrogen) atoms. The molecule has 146 valence electrons. The number of hydrogen-bond donors (Lipinski definition) is 0. The van der Waals surface area contributed by atoms with Crippen LogP contribution in [0.1, 0.15) is 91.4 Å². The summed E-state index contributed by atoms with van der Waals surface area (Å²) in [4.78, 5) is 25.0. The van der Waals surface area contributed by atoms with E-state index in [0.717, 1.165) is 37.2 Å². The molecule has 2 saturated carbocycles. The Bertz CT molecular complexity index is 526. The molecule has 4 unspecified atom stereocenters. The van der Waals surface area contributed by atoms with Crippen LogP contribution in [-0.2, 0) is 9.59 Å². The predicted molar refractivity (Wildman–Crippen MR) is 109 cm³/mol. The average Bonchev–Trinajstić information content (AvgIpc) is 2.65. The molecule has 0 saturated heterocycles. The van der Waals surface area contributed by atoms with Crippen molar-refractivity contribution in [2.75, 3.05) is 0 Å². The third kappa shape index (κ3) is 6.21. The molecule has 0 heterocycles. The smallest absolute Gasteiger partial charge is 0.158 e. The summed E-state index contributed by atoms with van der Waals surface area (Å²) in [5.74, 6) is 2.97. The van der Waals surface area contributed by atoms with Gasteiger partial charge in [-0.3, -0.25) is 9.59 Å². The predicted octanol–water partition coefficient (Wildman–Crippen LogP) is 6.45. The van der Waals surface area contributed by atoms with Gasteiger partial charge in [0.15, 0.2) is 5.78 Å². The summed E-state index contributed by atoms with van der Waals surface area (Å²) in [5, 5.41) is 0. The van der Waals surface area contributed by atoms with Crippen LogP contribution in [0.2, 0.25) is 0 Å². The minimum absolute atomic E-state index is 0.235. The fourth-order valence-electron chi connectivity index (χ4n) is 5.06. The average molecular weight is 359 g/mol. The summed E-state index contributed by atoms with van der Waals surface area (Å²) in [6, 6.07) is 0.